The third-order valence-electron chi connectivity index (χ3n) is 2.32. The first-order valence-corrected chi connectivity index (χ1v) is 6.02. The van der Waals surface area contributed by atoms with Crippen LogP contribution in [0, 0.1) is 0 Å². The molecule has 2 bridgehead atoms. The maximum Gasteiger partial charge on any atom is 0.111 e. The van der Waals surface area contributed by atoms with Crippen molar-refractivity contribution in [2.45, 2.75) is 6.42 Å². The van der Waals surface area contributed by atoms with E-state index in [9.17, 15) is 0 Å². The monoisotopic (exact) mass is 188 g/mol. The predicted molar refractivity (Wildman–Crippen MR) is 52.0 cm³/mol. The average Bonchev–Trinajstić information content (AvgIpc) is 2.18. The van der Waals surface area contributed by atoms with Crippen LogP contribution in [0.2, 0.25) is 0 Å². The van der Waals surface area contributed by atoms with Crippen LogP contribution in [0.3, 0.4) is 0 Å². The Hall–Kier alpha value is 0.270. The summed E-state index contributed by atoms with van der Waals surface area (Å²) in [6.45, 7) is 7.05. The molecule has 3 fully saturated rings. The van der Waals surface area contributed by atoms with Crippen LogP contribution in [0.5, 0.6) is 0 Å². The molecule has 0 aliphatic carbocycles. The molecule has 3 aliphatic rings. The molecule has 3 aliphatic heterocycles. The lowest BCUT2D eigenvalue weighted by atomic mass is 10.3. The average molecular weight is 188 g/mol. The van der Waals surface area contributed by atoms with Gasteiger partial charge >= 0.3 is 0 Å². The van der Waals surface area contributed by atoms with Gasteiger partial charge in [-0.1, -0.05) is 0 Å². The van der Waals surface area contributed by atoms with E-state index in [-0.39, 0.29) is 8.37 Å². The van der Waals surface area contributed by atoms with Gasteiger partial charge in [-0.3, -0.25) is 15.3 Å². The Morgan fingerprint density at radius 3 is 2.25 bits per heavy atom. The van der Waals surface area contributed by atoms with Crippen molar-refractivity contribution in [3.63, 3.8) is 0 Å². The summed E-state index contributed by atoms with van der Waals surface area (Å²) in [5.41, 5.74) is 0. The van der Waals surface area contributed by atoms with Crippen LogP contribution in [0.4, 0.5) is 0 Å². The molecule has 3 heterocycles. The van der Waals surface area contributed by atoms with E-state index in [2.05, 4.69) is 20.2 Å². The molecule has 12 heavy (non-hydrogen) atoms. The highest BCUT2D eigenvalue weighted by atomic mass is 31.1. The van der Waals surface area contributed by atoms with Gasteiger partial charge in [-0.2, -0.15) is 0 Å². The van der Waals surface area contributed by atoms with E-state index < -0.39 is 0 Å². The van der Waals surface area contributed by atoms with E-state index in [1.54, 1.807) is 0 Å². The molecule has 4 nitrogen and oxygen atoms in total. The Bertz CT molecular complexity index is 114. The van der Waals surface area contributed by atoms with Gasteiger partial charge < -0.3 is 4.90 Å². The molecule has 0 aromatic heterocycles. The molecule has 0 radical (unpaired) electrons. The molecule has 3 rings (SSSR count). The fourth-order valence-electron chi connectivity index (χ4n) is 1.64. The second-order valence-electron chi connectivity index (χ2n) is 3.25. The number of nitrogens with one attached hydrogen (secondary N) is 3. The van der Waals surface area contributed by atoms with Crippen LogP contribution in [0.15, 0.2) is 0 Å². The Morgan fingerprint density at radius 2 is 1.50 bits per heavy atom. The SMILES string of the molecule is C1CNP2NCCN(C1)CCN2. The Balaban J connectivity index is 1.96. The Labute approximate surface area is 75.0 Å². The first kappa shape index (κ1) is 8.85. The first-order chi connectivity index (χ1) is 5.95. The van der Waals surface area contributed by atoms with E-state index in [1.807, 2.05) is 0 Å². The molecule has 5 heteroatoms. The van der Waals surface area contributed by atoms with E-state index in [1.165, 1.54) is 26.1 Å². The van der Waals surface area contributed by atoms with E-state index in [0.29, 0.717) is 0 Å². The molecular formula is C7H17N4P. The highest BCUT2D eigenvalue weighted by Crippen LogP contribution is 2.20. The molecule has 0 aromatic rings. The molecule has 0 saturated carbocycles. The lowest BCUT2D eigenvalue weighted by Crippen LogP contribution is -2.40. The lowest BCUT2D eigenvalue weighted by molar-refractivity contribution is 0.281. The Morgan fingerprint density at radius 1 is 0.833 bits per heavy atom. The maximum atomic E-state index is 3.51. The number of hydrogen-bond acceptors (Lipinski definition) is 4. The number of hydrogen-bond donors (Lipinski definition) is 3. The summed E-state index contributed by atoms with van der Waals surface area (Å²) >= 11 is 0. The number of fused-ring (bicyclic) bond motifs is 7. The molecule has 3 saturated heterocycles. The lowest BCUT2D eigenvalue weighted by Gasteiger charge is -2.26. The summed E-state index contributed by atoms with van der Waals surface area (Å²) < 4.78 is 0. The summed E-state index contributed by atoms with van der Waals surface area (Å²) in [5, 5.41) is 10.5. The van der Waals surface area contributed by atoms with Gasteiger partial charge in [-0.25, -0.2) is 0 Å². The van der Waals surface area contributed by atoms with E-state index in [4.69, 9.17) is 0 Å². The van der Waals surface area contributed by atoms with E-state index in [0.717, 1.165) is 19.6 Å². The molecule has 0 atom stereocenters. The fourth-order valence-corrected chi connectivity index (χ4v) is 3.00. The highest BCUT2D eigenvalue weighted by Gasteiger charge is 2.15. The zero-order valence-corrected chi connectivity index (χ0v) is 8.24. The normalized spacial score (nSPS) is 38.0. The van der Waals surface area contributed by atoms with Crippen molar-refractivity contribution >= 4 is 8.37 Å². The summed E-state index contributed by atoms with van der Waals surface area (Å²) in [6.07, 6.45) is 1.28. The largest absolute Gasteiger partial charge is 0.301 e. The van der Waals surface area contributed by atoms with Crippen molar-refractivity contribution in [3.05, 3.63) is 0 Å². The smallest absolute Gasteiger partial charge is 0.111 e. The van der Waals surface area contributed by atoms with Gasteiger partial charge in [0.05, 0.1) is 0 Å². The number of rotatable bonds is 0. The zero-order valence-electron chi connectivity index (χ0n) is 7.34. The Kier molecular flexibility index (Phi) is 3.31. The van der Waals surface area contributed by atoms with Crippen LogP contribution in [0.1, 0.15) is 6.42 Å². The van der Waals surface area contributed by atoms with Crippen molar-refractivity contribution in [3.8, 4) is 0 Å². The highest BCUT2D eigenvalue weighted by molar-refractivity contribution is 7.51. The van der Waals surface area contributed by atoms with Crippen LogP contribution < -0.4 is 15.3 Å². The van der Waals surface area contributed by atoms with Crippen LogP contribution >= 0.6 is 8.37 Å². The van der Waals surface area contributed by atoms with Crippen molar-refractivity contribution in [2.24, 2.45) is 0 Å². The van der Waals surface area contributed by atoms with Crippen LogP contribution in [-0.4, -0.2) is 44.2 Å². The minimum Gasteiger partial charge on any atom is -0.301 e. The standard InChI is InChI=1S/C7H17N4P/c1-2-8-12-9-3-6-11(5-1)7-4-10-12/h8-10H,1-7H2. The van der Waals surface area contributed by atoms with Crippen molar-refractivity contribution in [1.29, 1.82) is 0 Å². The van der Waals surface area contributed by atoms with Gasteiger partial charge in [-0.15, -0.1) is 0 Å². The minimum absolute atomic E-state index is 0.271. The molecular weight excluding hydrogens is 171 g/mol. The first-order valence-electron chi connectivity index (χ1n) is 4.68. The fraction of sp³-hybridized carbons (Fsp3) is 1.00. The molecule has 70 valence electrons. The van der Waals surface area contributed by atoms with E-state index >= 15 is 0 Å². The second-order valence-corrected chi connectivity index (χ2v) is 4.87. The summed E-state index contributed by atoms with van der Waals surface area (Å²) in [6, 6.07) is 0. The summed E-state index contributed by atoms with van der Waals surface area (Å²) in [7, 11) is -0.271. The van der Waals surface area contributed by atoms with Gasteiger partial charge in [0.15, 0.2) is 0 Å². The van der Waals surface area contributed by atoms with Gasteiger partial charge in [0.1, 0.15) is 8.37 Å². The van der Waals surface area contributed by atoms with Crippen LogP contribution in [-0.2, 0) is 0 Å². The molecule has 0 aromatic carbocycles. The summed E-state index contributed by atoms with van der Waals surface area (Å²) in [4.78, 5) is 2.53. The van der Waals surface area contributed by atoms with Crippen molar-refractivity contribution in [1.82, 2.24) is 20.2 Å². The topological polar surface area (TPSA) is 39.3 Å². The molecule has 0 amide bonds. The molecule has 3 N–H and O–H groups in total. The third-order valence-corrected chi connectivity index (χ3v) is 3.94. The van der Waals surface area contributed by atoms with Crippen molar-refractivity contribution < 1.29 is 0 Å². The predicted octanol–water partition coefficient (Wildman–Crippen LogP) is -0.299. The number of nitrogens with zero attached hydrogens (tertiary/aromatic N) is 1. The molecule has 0 spiro atoms. The van der Waals surface area contributed by atoms with Gasteiger partial charge in [0.25, 0.3) is 0 Å². The second kappa shape index (κ2) is 4.49. The quantitative estimate of drug-likeness (QED) is 0.456. The van der Waals surface area contributed by atoms with Crippen LogP contribution in [0.25, 0.3) is 0 Å². The van der Waals surface area contributed by atoms with Gasteiger partial charge in [-0.05, 0) is 13.0 Å². The third kappa shape index (κ3) is 2.38. The summed E-state index contributed by atoms with van der Waals surface area (Å²) in [5.74, 6) is 0. The minimum atomic E-state index is -0.271. The zero-order chi connectivity index (χ0) is 8.23. The molecule has 0 unspecified atom stereocenters. The van der Waals surface area contributed by atoms with Crippen molar-refractivity contribution in [2.75, 3.05) is 39.3 Å². The van der Waals surface area contributed by atoms with Gasteiger partial charge in [0.2, 0.25) is 0 Å². The maximum absolute atomic E-state index is 3.51. The van der Waals surface area contributed by atoms with Gasteiger partial charge in [0, 0.05) is 32.7 Å².